The summed E-state index contributed by atoms with van der Waals surface area (Å²) < 4.78 is 47.7. The molecule has 0 aliphatic heterocycles. The topological polar surface area (TPSA) is 112 Å². The molecule has 0 aliphatic rings. The van der Waals surface area contributed by atoms with Crippen molar-refractivity contribution in [1.29, 1.82) is 0 Å². The maximum atomic E-state index is 13.2. The average molecular weight is 411 g/mol. The first-order valence-electron chi connectivity index (χ1n) is 7.97. The van der Waals surface area contributed by atoms with Crippen molar-refractivity contribution in [2.24, 2.45) is 0 Å². The fraction of sp³-hybridized carbons (Fsp3) is 0.278. The molecule has 2 rings (SSSR count). The molecule has 0 saturated heterocycles. The van der Waals surface area contributed by atoms with Gasteiger partial charge in [0.15, 0.2) is 23.0 Å². The summed E-state index contributed by atoms with van der Waals surface area (Å²) in [6.07, 6.45) is 0. The molecule has 0 spiro atoms. The molecular formula is C18H21NO8S. The molecule has 9 nitrogen and oxygen atoms in total. The normalized spacial score (nSPS) is 10.9. The van der Waals surface area contributed by atoms with E-state index in [1.54, 1.807) is 0 Å². The molecule has 2 aromatic carbocycles. The number of methoxy groups -OCH3 is 4. The molecule has 1 N–H and O–H groups in total. The first-order valence-corrected chi connectivity index (χ1v) is 9.41. The van der Waals surface area contributed by atoms with Crippen molar-refractivity contribution in [2.75, 3.05) is 39.3 Å². The lowest BCUT2D eigenvalue weighted by molar-refractivity contribution is -0.135. The van der Waals surface area contributed by atoms with Gasteiger partial charge in [0.1, 0.15) is 6.54 Å². The van der Waals surface area contributed by atoms with E-state index in [1.165, 1.54) is 64.8 Å². The quantitative estimate of drug-likeness (QED) is 0.667. The first kappa shape index (κ1) is 21.2. The van der Waals surface area contributed by atoms with Crippen LogP contribution in [0.25, 0.3) is 0 Å². The summed E-state index contributed by atoms with van der Waals surface area (Å²) in [5, 5.41) is 9.26. The predicted octanol–water partition coefficient (Wildman–Crippen LogP) is 2.00. The molecule has 0 radical (unpaired) electrons. The number of aliphatic carboxylic acids is 1. The Morgan fingerprint density at radius 2 is 1.36 bits per heavy atom. The molecule has 0 unspecified atom stereocenters. The summed E-state index contributed by atoms with van der Waals surface area (Å²) in [5.41, 5.74) is 0.106. The van der Waals surface area contributed by atoms with Gasteiger partial charge in [-0.1, -0.05) is 0 Å². The minimum absolute atomic E-state index is 0.106. The smallest absolute Gasteiger partial charge is 0.324 e. The Bertz CT molecular complexity index is 958. The Balaban J connectivity index is 2.60. The summed E-state index contributed by atoms with van der Waals surface area (Å²) >= 11 is 0. The second-order valence-electron chi connectivity index (χ2n) is 5.46. The van der Waals surface area contributed by atoms with Crippen molar-refractivity contribution in [3.63, 3.8) is 0 Å². The number of carboxylic acid groups (broad SMARTS) is 1. The molecule has 0 saturated carbocycles. The number of anilines is 1. The van der Waals surface area contributed by atoms with Crippen LogP contribution in [-0.4, -0.2) is 54.5 Å². The lowest BCUT2D eigenvalue weighted by Crippen LogP contribution is -2.35. The van der Waals surface area contributed by atoms with Crippen molar-refractivity contribution in [3.8, 4) is 23.0 Å². The average Bonchev–Trinajstić information content (AvgIpc) is 2.70. The van der Waals surface area contributed by atoms with E-state index in [-0.39, 0.29) is 22.1 Å². The Morgan fingerprint density at radius 3 is 1.86 bits per heavy atom. The number of sulfonamides is 1. The maximum absolute atomic E-state index is 13.2. The Morgan fingerprint density at radius 1 is 0.857 bits per heavy atom. The van der Waals surface area contributed by atoms with Gasteiger partial charge >= 0.3 is 5.97 Å². The molecule has 10 heteroatoms. The van der Waals surface area contributed by atoms with Crippen LogP contribution < -0.4 is 23.3 Å². The SMILES string of the molecule is COc1ccc(N(CC(=O)O)S(=O)(=O)c2ccc(OC)c(OC)c2)cc1OC. The highest BCUT2D eigenvalue weighted by Gasteiger charge is 2.29. The van der Waals surface area contributed by atoms with E-state index in [0.29, 0.717) is 11.5 Å². The third-order valence-electron chi connectivity index (χ3n) is 3.88. The lowest BCUT2D eigenvalue weighted by atomic mass is 10.2. The fourth-order valence-corrected chi connectivity index (χ4v) is 3.94. The highest BCUT2D eigenvalue weighted by Crippen LogP contribution is 2.35. The van der Waals surface area contributed by atoms with E-state index in [2.05, 4.69) is 0 Å². The summed E-state index contributed by atoms with van der Waals surface area (Å²) in [7, 11) is 1.40. The molecule has 0 atom stereocenters. The molecule has 28 heavy (non-hydrogen) atoms. The highest BCUT2D eigenvalue weighted by atomic mass is 32.2. The number of carboxylic acids is 1. The van der Waals surface area contributed by atoms with Gasteiger partial charge in [0.05, 0.1) is 39.0 Å². The van der Waals surface area contributed by atoms with Crippen molar-refractivity contribution >= 4 is 21.7 Å². The number of ether oxygens (including phenoxy) is 4. The van der Waals surface area contributed by atoms with E-state index in [1.807, 2.05) is 0 Å². The van der Waals surface area contributed by atoms with Crippen LogP contribution in [0.15, 0.2) is 41.3 Å². The summed E-state index contributed by atoms with van der Waals surface area (Å²) in [6, 6.07) is 8.32. The van der Waals surface area contributed by atoms with E-state index in [9.17, 15) is 18.3 Å². The van der Waals surface area contributed by atoms with Crippen molar-refractivity contribution < 1.29 is 37.3 Å². The van der Waals surface area contributed by atoms with E-state index >= 15 is 0 Å². The molecule has 0 bridgehead atoms. The highest BCUT2D eigenvalue weighted by molar-refractivity contribution is 7.92. The predicted molar refractivity (Wildman–Crippen MR) is 101 cm³/mol. The second kappa shape index (κ2) is 8.70. The Labute approximate surface area is 163 Å². The van der Waals surface area contributed by atoms with Gasteiger partial charge < -0.3 is 24.1 Å². The zero-order valence-electron chi connectivity index (χ0n) is 15.8. The molecule has 0 fully saturated rings. The molecule has 0 aromatic heterocycles. The number of nitrogens with zero attached hydrogens (tertiary/aromatic N) is 1. The van der Waals surface area contributed by atoms with Gasteiger partial charge in [-0.25, -0.2) is 8.42 Å². The molecule has 152 valence electrons. The third kappa shape index (κ3) is 4.22. The number of benzene rings is 2. The van der Waals surface area contributed by atoms with Crippen molar-refractivity contribution in [2.45, 2.75) is 4.90 Å². The summed E-state index contributed by atoms with van der Waals surface area (Å²) in [4.78, 5) is 11.2. The van der Waals surface area contributed by atoms with Crippen LogP contribution in [0.5, 0.6) is 23.0 Å². The van der Waals surface area contributed by atoms with Crippen molar-refractivity contribution in [3.05, 3.63) is 36.4 Å². The van der Waals surface area contributed by atoms with Gasteiger partial charge in [-0.15, -0.1) is 0 Å². The van der Waals surface area contributed by atoms with Gasteiger partial charge in [-0.2, -0.15) is 0 Å². The van der Waals surface area contributed by atoms with Gasteiger partial charge in [0, 0.05) is 12.1 Å². The third-order valence-corrected chi connectivity index (χ3v) is 5.65. The van der Waals surface area contributed by atoms with E-state index < -0.39 is 22.5 Å². The van der Waals surface area contributed by atoms with E-state index in [4.69, 9.17) is 18.9 Å². The van der Waals surface area contributed by atoms with Gasteiger partial charge in [0.2, 0.25) is 0 Å². The maximum Gasteiger partial charge on any atom is 0.324 e. The minimum atomic E-state index is -4.23. The van der Waals surface area contributed by atoms with Gasteiger partial charge in [-0.05, 0) is 24.3 Å². The standard InChI is InChI=1S/C18H21NO8S/c1-24-14-7-5-12(9-16(14)26-3)19(11-18(20)21)28(22,23)13-6-8-15(25-2)17(10-13)27-4/h5-10H,11H2,1-4H3,(H,20,21). The molecule has 0 aliphatic carbocycles. The fourth-order valence-electron chi connectivity index (χ4n) is 2.52. The zero-order chi connectivity index (χ0) is 20.9. The molecule has 0 amide bonds. The minimum Gasteiger partial charge on any atom is -0.493 e. The molecule has 2 aromatic rings. The lowest BCUT2D eigenvalue weighted by Gasteiger charge is -2.24. The van der Waals surface area contributed by atoms with Crippen molar-refractivity contribution in [1.82, 2.24) is 0 Å². The Kier molecular flexibility index (Phi) is 6.57. The van der Waals surface area contributed by atoms with Crippen LogP contribution in [0.4, 0.5) is 5.69 Å². The van der Waals surface area contributed by atoms with Crippen LogP contribution in [-0.2, 0) is 14.8 Å². The number of hydrogen-bond acceptors (Lipinski definition) is 7. The number of rotatable bonds is 9. The van der Waals surface area contributed by atoms with E-state index in [0.717, 1.165) is 4.31 Å². The van der Waals surface area contributed by atoms with Gasteiger partial charge in [-0.3, -0.25) is 9.10 Å². The summed E-state index contributed by atoms with van der Waals surface area (Å²) in [6.45, 7) is -0.786. The number of carbonyl (C=O) groups is 1. The number of hydrogen-bond donors (Lipinski definition) is 1. The van der Waals surface area contributed by atoms with Crippen LogP contribution in [0, 0.1) is 0 Å². The van der Waals surface area contributed by atoms with Crippen LogP contribution in [0.1, 0.15) is 0 Å². The monoisotopic (exact) mass is 411 g/mol. The Hall–Kier alpha value is -3.14. The second-order valence-corrected chi connectivity index (χ2v) is 7.32. The first-order chi connectivity index (χ1) is 13.3. The zero-order valence-corrected chi connectivity index (χ0v) is 16.6. The van der Waals surface area contributed by atoms with Crippen LogP contribution in [0.3, 0.4) is 0 Å². The molecule has 0 heterocycles. The van der Waals surface area contributed by atoms with Crippen LogP contribution >= 0.6 is 0 Å². The van der Waals surface area contributed by atoms with Gasteiger partial charge in [0.25, 0.3) is 10.0 Å². The largest absolute Gasteiger partial charge is 0.493 e. The van der Waals surface area contributed by atoms with Crippen LogP contribution in [0.2, 0.25) is 0 Å². The molecular weight excluding hydrogens is 390 g/mol. The summed E-state index contributed by atoms with van der Waals surface area (Å²) in [5.74, 6) is -0.134.